The van der Waals surface area contributed by atoms with E-state index in [2.05, 4.69) is 50.0 Å². The maximum absolute atomic E-state index is 4.92. The van der Waals surface area contributed by atoms with Crippen molar-refractivity contribution >= 4 is 29.9 Å². The number of aryl methyl sites for hydroxylation is 1. The van der Waals surface area contributed by atoms with Gasteiger partial charge in [0.15, 0.2) is 11.8 Å². The molecule has 33 heavy (non-hydrogen) atoms. The van der Waals surface area contributed by atoms with Crippen molar-refractivity contribution in [3.05, 3.63) is 47.5 Å². The maximum Gasteiger partial charge on any atom is 0.192 e. The van der Waals surface area contributed by atoms with Crippen molar-refractivity contribution in [2.75, 3.05) is 19.6 Å². The van der Waals surface area contributed by atoms with E-state index in [1.807, 2.05) is 24.6 Å². The number of hydrogen-bond acceptors (Lipinski definition) is 4. The highest BCUT2D eigenvalue weighted by molar-refractivity contribution is 14.0. The highest BCUT2D eigenvalue weighted by Gasteiger charge is 2.38. The largest absolute Gasteiger partial charge is 0.355 e. The Morgan fingerprint density at radius 3 is 2.33 bits per heavy atom. The van der Waals surface area contributed by atoms with Crippen molar-refractivity contribution in [3.8, 4) is 0 Å². The summed E-state index contributed by atoms with van der Waals surface area (Å²) in [6.45, 7) is 6.67. The zero-order valence-corrected chi connectivity index (χ0v) is 22.6. The number of piperidine rings is 1. The molecular weight excluding hydrogens is 525 g/mol. The molecule has 0 atom stereocenters. The second-order valence-electron chi connectivity index (χ2n) is 9.41. The highest BCUT2D eigenvalue weighted by Crippen LogP contribution is 2.35. The zero-order chi connectivity index (χ0) is 22.2. The predicted molar refractivity (Wildman–Crippen MR) is 145 cm³/mol. The van der Waals surface area contributed by atoms with Crippen molar-refractivity contribution < 1.29 is 0 Å². The quantitative estimate of drug-likeness (QED) is 0.300. The molecule has 7 nitrogen and oxygen atoms in total. The summed E-state index contributed by atoms with van der Waals surface area (Å²) < 4.78 is 2.03. The smallest absolute Gasteiger partial charge is 0.192 e. The summed E-state index contributed by atoms with van der Waals surface area (Å²) in [4.78, 5) is 7.71. The van der Waals surface area contributed by atoms with Gasteiger partial charge in [-0.1, -0.05) is 56.0 Å². The summed E-state index contributed by atoms with van der Waals surface area (Å²) >= 11 is 0. The molecule has 0 amide bonds. The van der Waals surface area contributed by atoms with Crippen LogP contribution in [-0.4, -0.2) is 50.8 Å². The fourth-order valence-corrected chi connectivity index (χ4v) is 5.13. The van der Waals surface area contributed by atoms with Gasteiger partial charge in [0.05, 0.1) is 13.1 Å². The molecule has 1 aliphatic carbocycles. The Balaban J connectivity index is 0.00000306. The zero-order valence-electron chi connectivity index (χ0n) is 20.2. The number of benzene rings is 1. The molecule has 4 rings (SSSR count). The van der Waals surface area contributed by atoms with Gasteiger partial charge in [0.1, 0.15) is 5.82 Å². The lowest BCUT2D eigenvalue weighted by Crippen LogP contribution is -2.59. The molecular formula is C25H40IN7. The van der Waals surface area contributed by atoms with Crippen molar-refractivity contribution in [1.29, 1.82) is 0 Å². The van der Waals surface area contributed by atoms with Gasteiger partial charge in [-0.2, -0.15) is 0 Å². The van der Waals surface area contributed by atoms with E-state index < -0.39 is 0 Å². The van der Waals surface area contributed by atoms with Gasteiger partial charge in [0.2, 0.25) is 0 Å². The number of rotatable bonds is 7. The highest BCUT2D eigenvalue weighted by atomic mass is 127. The Bertz CT molecular complexity index is 868. The first-order chi connectivity index (χ1) is 15.7. The van der Waals surface area contributed by atoms with E-state index in [-0.39, 0.29) is 29.5 Å². The van der Waals surface area contributed by atoms with Gasteiger partial charge in [0.25, 0.3) is 0 Å². The van der Waals surface area contributed by atoms with E-state index in [1.165, 1.54) is 70.0 Å². The minimum atomic E-state index is 0. The minimum Gasteiger partial charge on any atom is -0.355 e. The average Bonchev–Trinajstić information content (AvgIpc) is 3.17. The molecule has 2 fully saturated rings. The molecule has 0 spiro atoms. The summed E-state index contributed by atoms with van der Waals surface area (Å²) in [5.74, 6) is 2.69. The number of aromatic nitrogens is 3. The van der Waals surface area contributed by atoms with Crippen LogP contribution in [0.1, 0.15) is 68.6 Å². The maximum atomic E-state index is 4.92. The van der Waals surface area contributed by atoms with Gasteiger partial charge in [0, 0.05) is 19.1 Å². The lowest BCUT2D eigenvalue weighted by Gasteiger charge is -2.48. The fourth-order valence-electron chi connectivity index (χ4n) is 5.13. The molecule has 2 heterocycles. The first kappa shape index (κ1) is 25.9. The van der Waals surface area contributed by atoms with Gasteiger partial charge >= 0.3 is 0 Å². The van der Waals surface area contributed by atoms with E-state index in [0.29, 0.717) is 13.1 Å². The molecule has 182 valence electrons. The van der Waals surface area contributed by atoms with Gasteiger partial charge in [-0.25, -0.2) is 4.99 Å². The number of likely N-dealkylation sites (tertiary alicyclic amines) is 1. The molecule has 2 aromatic rings. The second kappa shape index (κ2) is 12.7. The van der Waals surface area contributed by atoms with E-state index in [1.54, 1.807) is 0 Å². The molecule has 2 N–H and O–H groups in total. The molecule has 0 unspecified atom stereocenters. The van der Waals surface area contributed by atoms with E-state index in [4.69, 9.17) is 4.99 Å². The number of aliphatic imine (C=N–C) groups is 1. The van der Waals surface area contributed by atoms with Crippen LogP contribution < -0.4 is 10.6 Å². The monoisotopic (exact) mass is 565 g/mol. The summed E-state index contributed by atoms with van der Waals surface area (Å²) in [7, 11) is 2.01. The van der Waals surface area contributed by atoms with Crippen molar-refractivity contribution in [2.45, 2.75) is 76.9 Å². The number of hydrogen-bond donors (Lipinski definition) is 2. The lowest BCUT2D eigenvalue weighted by molar-refractivity contribution is 0.0368. The Kier molecular flexibility index (Phi) is 9.97. The first-order valence-corrected chi connectivity index (χ1v) is 12.3. The Hall–Kier alpha value is -1.68. The topological polar surface area (TPSA) is 70.4 Å². The second-order valence-corrected chi connectivity index (χ2v) is 9.41. The van der Waals surface area contributed by atoms with E-state index >= 15 is 0 Å². The molecule has 0 bridgehead atoms. The van der Waals surface area contributed by atoms with Crippen molar-refractivity contribution in [3.63, 3.8) is 0 Å². The van der Waals surface area contributed by atoms with Crippen LogP contribution in [0.25, 0.3) is 0 Å². The third kappa shape index (κ3) is 6.91. The molecule has 8 heteroatoms. The summed E-state index contributed by atoms with van der Waals surface area (Å²) in [5.41, 5.74) is 1.47. The van der Waals surface area contributed by atoms with Crippen LogP contribution in [0.5, 0.6) is 0 Å². The molecule has 1 aliphatic heterocycles. The Morgan fingerprint density at radius 2 is 1.67 bits per heavy atom. The van der Waals surface area contributed by atoms with E-state index in [9.17, 15) is 0 Å². The van der Waals surface area contributed by atoms with Crippen LogP contribution >= 0.6 is 24.0 Å². The van der Waals surface area contributed by atoms with Crippen LogP contribution in [0.3, 0.4) is 0 Å². The summed E-state index contributed by atoms with van der Waals surface area (Å²) in [6, 6.07) is 10.4. The molecule has 1 saturated heterocycles. The van der Waals surface area contributed by atoms with Crippen LogP contribution in [0.4, 0.5) is 0 Å². The number of guanidine groups is 1. The summed E-state index contributed by atoms with van der Waals surface area (Å²) in [6.07, 6.45) is 10.7. The normalized spacial score (nSPS) is 19.0. The number of nitrogens with zero attached hydrogens (tertiary/aromatic N) is 5. The van der Waals surface area contributed by atoms with Crippen LogP contribution in [-0.2, 0) is 20.1 Å². The van der Waals surface area contributed by atoms with Gasteiger partial charge < -0.3 is 15.2 Å². The molecule has 1 aromatic carbocycles. The molecule has 1 aromatic heterocycles. The number of nitrogens with one attached hydrogen (secondary N) is 2. The molecule has 0 radical (unpaired) electrons. The Labute approximate surface area is 215 Å². The standard InChI is InChI=1S/C25H39N7.HI/c1-21-29-30-23(31(21)2)19-27-24(26-18-22-12-6-3-7-13-22)28-20-25(14-8-4-9-15-25)32-16-10-5-11-17-32;/h3,6-7,12-13H,4-5,8-11,14-20H2,1-2H3,(H2,26,27,28);1H. The third-order valence-electron chi connectivity index (χ3n) is 7.26. The van der Waals surface area contributed by atoms with Crippen LogP contribution in [0.2, 0.25) is 0 Å². The SMILES string of the molecule is Cc1nnc(CNC(=NCc2ccccc2)NCC2(N3CCCCC3)CCCCC2)n1C.I. The molecule has 1 saturated carbocycles. The van der Waals surface area contributed by atoms with Crippen molar-refractivity contribution in [2.24, 2.45) is 12.0 Å². The summed E-state index contributed by atoms with van der Waals surface area (Å²) in [5, 5.41) is 15.7. The Morgan fingerprint density at radius 1 is 0.970 bits per heavy atom. The lowest BCUT2D eigenvalue weighted by atomic mass is 9.79. The predicted octanol–water partition coefficient (Wildman–Crippen LogP) is 4.17. The van der Waals surface area contributed by atoms with Crippen LogP contribution in [0.15, 0.2) is 35.3 Å². The van der Waals surface area contributed by atoms with Gasteiger partial charge in [-0.05, 0) is 51.3 Å². The number of halogens is 1. The van der Waals surface area contributed by atoms with Gasteiger partial charge in [-0.15, -0.1) is 34.2 Å². The van der Waals surface area contributed by atoms with E-state index in [0.717, 1.165) is 24.2 Å². The van der Waals surface area contributed by atoms with Crippen molar-refractivity contribution in [1.82, 2.24) is 30.3 Å². The fraction of sp³-hybridized carbons (Fsp3) is 0.640. The minimum absolute atomic E-state index is 0. The molecule has 2 aliphatic rings. The van der Waals surface area contributed by atoms with Gasteiger partial charge in [-0.3, -0.25) is 4.90 Å². The third-order valence-corrected chi connectivity index (χ3v) is 7.26. The average molecular weight is 566 g/mol. The first-order valence-electron chi connectivity index (χ1n) is 12.3. The van der Waals surface area contributed by atoms with Crippen LogP contribution in [0, 0.1) is 6.92 Å².